The molecule has 0 fully saturated rings. The van der Waals surface area contributed by atoms with Gasteiger partial charge >= 0.3 is 5.97 Å². The van der Waals surface area contributed by atoms with Crippen LogP contribution in [0.1, 0.15) is 22.6 Å². The zero-order valence-electron chi connectivity index (χ0n) is 11.1. The monoisotopic (exact) mass is 280 g/mol. The van der Waals surface area contributed by atoms with Crippen molar-refractivity contribution in [1.29, 1.82) is 0 Å². The molecular formula is C12H16N4O2S. The van der Waals surface area contributed by atoms with Gasteiger partial charge in [-0.2, -0.15) is 5.10 Å². The minimum absolute atomic E-state index is 0.0386. The normalized spacial score (nSPS) is 10.7. The molecule has 0 radical (unpaired) electrons. The Morgan fingerprint density at radius 3 is 2.84 bits per heavy atom. The molecule has 7 heteroatoms. The van der Waals surface area contributed by atoms with Crippen LogP contribution in [0.3, 0.4) is 0 Å². The number of nitrogens with one attached hydrogen (secondary N) is 1. The van der Waals surface area contributed by atoms with Crippen molar-refractivity contribution < 1.29 is 9.90 Å². The van der Waals surface area contributed by atoms with Gasteiger partial charge in [0.05, 0.1) is 17.8 Å². The van der Waals surface area contributed by atoms with Crippen molar-refractivity contribution >= 4 is 22.4 Å². The number of carboxylic acids is 1. The Bertz CT molecular complexity index is 603. The molecule has 0 saturated carbocycles. The van der Waals surface area contributed by atoms with Crippen LogP contribution >= 0.6 is 11.3 Å². The van der Waals surface area contributed by atoms with Crippen LogP contribution in [0.4, 0.5) is 5.13 Å². The van der Waals surface area contributed by atoms with Crippen molar-refractivity contribution in [2.24, 2.45) is 7.05 Å². The Kier molecular flexibility index (Phi) is 3.84. The van der Waals surface area contributed by atoms with Crippen molar-refractivity contribution in [3.63, 3.8) is 0 Å². The third kappa shape index (κ3) is 3.11. The second-order valence-corrected chi connectivity index (χ2v) is 5.20. The van der Waals surface area contributed by atoms with Gasteiger partial charge < -0.3 is 10.4 Å². The van der Waals surface area contributed by atoms with E-state index < -0.39 is 5.97 Å². The summed E-state index contributed by atoms with van der Waals surface area (Å²) in [5.74, 6) is -0.865. The maximum Gasteiger partial charge on any atom is 0.309 e. The maximum absolute atomic E-state index is 10.6. The Hall–Kier alpha value is -1.89. The molecule has 0 aliphatic heterocycles. The lowest BCUT2D eigenvalue weighted by Crippen LogP contribution is -2.03. The smallest absolute Gasteiger partial charge is 0.309 e. The Balaban J connectivity index is 2.02. The number of carboxylic acid groups (broad SMARTS) is 1. The summed E-state index contributed by atoms with van der Waals surface area (Å²) < 4.78 is 1.85. The van der Waals surface area contributed by atoms with Crippen LogP contribution in [0.15, 0.2) is 5.38 Å². The summed E-state index contributed by atoms with van der Waals surface area (Å²) in [6.45, 7) is 4.64. The van der Waals surface area contributed by atoms with Crippen LogP contribution in [-0.4, -0.2) is 25.8 Å². The van der Waals surface area contributed by atoms with Crippen LogP contribution < -0.4 is 5.32 Å². The van der Waals surface area contributed by atoms with Gasteiger partial charge in [0.25, 0.3) is 0 Å². The molecular weight excluding hydrogens is 264 g/mol. The third-order valence-corrected chi connectivity index (χ3v) is 3.81. The summed E-state index contributed by atoms with van der Waals surface area (Å²) in [6, 6.07) is 0. The number of thiazole rings is 1. The first kappa shape index (κ1) is 13.5. The van der Waals surface area contributed by atoms with Gasteiger partial charge in [-0.25, -0.2) is 4.98 Å². The van der Waals surface area contributed by atoms with Crippen LogP contribution in [-0.2, 0) is 24.8 Å². The van der Waals surface area contributed by atoms with Crippen LogP contribution in [0.2, 0.25) is 0 Å². The van der Waals surface area contributed by atoms with E-state index in [-0.39, 0.29) is 6.42 Å². The van der Waals surface area contributed by atoms with E-state index >= 15 is 0 Å². The number of carbonyl (C=O) groups is 1. The van der Waals surface area contributed by atoms with Gasteiger partial charge in [-0.05, 0) is 13.8 Å². The number of rotatable bonds is 5. The first-order chi connectivity index (χ1) is 8.97. The molecule has 2 rings (SSSR count). The standard InChI is InChI=1S/C12H16N4O2S/c1-7-10(8(2)16(3)15-7)5-13-12-14-9(6-19-12)4-11(17)18/h6H,4-5H2,1-3H3,(H,13,14)(H,17,18). The Morgan fingerprint density at radius 2 is 2.26 bits per heavy atom. The molecule has 2 aromatic heterocycles. The lowest BCUT2D eigenvalue weighted by atomic mass is 10.2. The lowest BCUT2D eigenvalue weighted by Gasteiger charge is -2.03. The highest BCUT2D eigenvalue weighted by Gasteiger charge is 2.10. The van der Waals surface area contributed by atoms with Gasteiger partial charge in [-0.3, -0.25) is 9.48 Å². The van der Waals surface area contributed by atoms with Gasteiger partial charge in [0.2, 0.25) is 0 Å². The van der Waals surface area contributed by atoms with E-state index in [0.717, 1.165) is 22.1 Å². The molecule has 2 N–H and O–H groups in total. The van der Waals surface area contributed by atoms with Gasteiger partial charge in [0, 0.05) is 30.2 Å². The van der Waals surface area contributed by atoms with Crippen molar-refractivity contribution in [2.75, 3.05) is 5.32 Å². The topological polar surface area (TPSA) is 80.0 Å². The van der Waals surface area contributed by atoms with Crippen LogP contribution in [0, 0.1) is 13.8 Å². The van der Waals surface area contributed by atoms with E-state index in [1.54, 1.807) is 5.38 Å². The highest BCUT2D eigenvalue weighted by Crippen LogP contribution is 2.19. The number of nitrogens with zero attached hydrogens (tertiary/aromatic N) is 3. The van der Waals surface area contributed by atoms with E-state index in [4.69, 9.17) is 5.11 Å². The highest BCUT2D eigenvalue weighted by atomic mass is 32.1. The lowest BCUT2D eigenvalue weighted by molar-refractivity contribution is -0.136. The fraction of sp³-hybridized carbons (Fsp3) is 0.417. The molecule has 0 amide bonds. The van der Waals surface area contributed by atoms with E-state index in [1.165, 1.54) is 11.3 Å². The number of hydrogen-bond donors (Lipinski definition) is 2. The predicted octanol–water partition coefficient (Wildman–Crippen LogP) is 1.73. The molecule has 0 bridgehead atoms. The first-order valence-electron chi connectivity index (χ1n) is 5.86. The summed E-state index contributed by atoms with van der Waals surface area (Å²) in [6.07, 6.45) is -0.0386. The largest absolute Gasteiger partial charge is 0.481 e. The Morgan fingerprint density at radius 1 is 1.53 bits per heavy atom. The number of aryl methyl sites for hydroxylation is 2. The molecule has 0 spiro atoms. The van der Waals surface area contributed by atoms with Gasteiger partial charge in [-0.1, -0.05) is 0 Å². The van der Waals surface area contributed by atoms with E-state index in [2.05, 4.69) is 15.4 Å². The van der Waals surface area contributed by atoms with Crippen LogP contribution in [0.5, 0.6) is 0 Å². The van der Waals surface area contributed by atoms with Crippen LogP contribution in [0.25, 0.3) is 0 Å². The molecule has 0 saturated heterocycles. The van der Waals surface area contributed by atoms with Gasteiger partial charge in [0.15, 0.2) is 5.13 Å². The van der Waals surface area contributed by atoms with E-state index in [9.17, 15) is 4.79 Å². The maximum atomic E-state index is 10.6. The molecule has 19 heavy (non-hydrogen) atoms. The fourth-order valence-electron chi connectivity index (χ4n) is 1.86. The SMILES string of the molecule is Cc1nn(C)c(C)c1CNc1nc(CC(=O)O)cs1. The minimum Gasteiger partial charge on any atom is -0.481 e. The quantitative estimate of drug-likeness (QED) is 0.872. The molecule has 2 heterocycles. The summed E-state index contributed by atoms with van der Waals surface area (Å²) in [5.41, 5.74) is 3.85. The van der Waals surface area contributed by atoms with Crippen molar-refractivity contribution in [3.8, 4) is 0 Å². The van der Waals surface area contributed by atoms with E-state index in [1.807, 2.05) is 25.6 Å². The second-order valence-electron chi connectivity index (χ2n) is 4.34. The average molecular weight is 280 g/mol. The zero-order valence-corrected chi connectivity index (χ0v) is 11.9. The van der Waals surface area contributed by atoms with Gasteiger partial charge in [-0.15, -0.1) is 11.3 Å². The fourth-order valence-corrected chi connectivity index (χ4v) is 2.57. The highest BCUT2D eigenvalue weighted by molar-refractivity contribution is 7.13. The number of hydrogen-bond acceptors (Lipinski definition) is 5. The second kappa shape index (κ2) is 5.40. The minimum atomic E-state index is -0.865. The van der Waals surface area contributed by atoms with Gasteiger partial charge in [0.1, 0.15) is 0 Å². The summed E-state index contributed by atoms with van der Waals surface area (Å²) in [5, 5.41) is 18.8. The third-order valence-electron chi connectivity index (χ3n) is 2.96. The average Bonchev–Trinajstić information content (AvgIpc) is 2.84. The molecule has 0 aromatic carbocycles. The summed E-state index contributed by atoms with van der Waals surface area (Å²) in [7, 11) is 1.92. The zero-order chi connectivity index (χ0) is 14.0. The Labute approximate surface area is 115 Å². The molecule has 0 atom stereocenters. The molecule has 0 aliphatic rings. The van der Waals surface area contributed by atoms with Crippen molar-refractivity contribution in [3.05, 3.63) is 28.0 Å². The predicted molar refractivity (Wildman–Crippen MR) is 73.5 cm³/mol. The molecule has 2 aromatic rings. The van der Waals surface area contributed by atoms with Crippen molar-refractivity contribution in [1.82, 2.24) is 14.8 Å². The summed E-state index contributed by atoms with van der Waals surface area (Å²) in [4.78, 5) is 14.8. The molecule has 0 unspecified atom stereocenters. The molecule has 0 aliphatic carbocycles. The summed E-state index contributed by atoms with van der Waals surface area (Å²) >= 11 is 1.42. The number of anilines is 1. The molecule has 6 nitrogen and oxygen atoms in total. The molecule has 102 valence electrons. The number of aliphatic carboxylic acids is 1. The van der Waals surface area contributed by atoms with E-state index in [0.29, 0.717) is 12.2 Å². The van der Waals surface area contributed by atoms with Crippen molar-refractivity contribution in [2.45, 2.75) is 26.8 Å². The first-order valence-corrected chi connectivity index (χ1v) is 6.74. The number of aromatic nitrogens is 3.